The van der Waals surface area contributed by atoms with Crippen LogP contribution in [0, 0.1) is 0 Å². The zero-order valence-electron chi connectivity index (χ0n) is 18.4. The molecule has 2 rings (SSSR count). The maximum Gasteiger partial charge on any atom is 0.306 e. The number of nitrogens with two attached hydrogens (primary N) is 1. The number of aliphatic carboxylic acids is 1. The van der Waals surface area contributed by atoms with Crippen molar-refractivity contribution in [2.24, 2.45) is 5.73 Å². The second-order valence-corrected chi connectivity index (χ2v) is 9.57. The van der Waals surface area contributed by atoms with Gasteiger partial charge in [0.1, 0.15) is 30.4 Å². The number of carbonyl (C=O) groups excluding carboxylic acids is 1. The molecule has 0 spiro atoms. The second kappa shape index (κ2) is 11.9. The fourth-order valence-electron chi connectivity index (χ4n) is 2.97. The lowest BCUT2D eigenvalue weighted by Gasteiger charge is -2.30. The van der Waals surface area contributed by atoms with Crippen molar-refractivity contribution in [1.82, 2.24) is 0 Å². The summed E-state index contributed by atoms with van der Waals surface area (Å²) in [5.74, 6) is -1.65. The number of rotatable bonds is 9. The van der Waals surface area contributed by atoms with Crippen LogP contribution in [0.1, 0.15) is 23.0 Å². The molecule has 33 heavy (non-hydrogen) atoms. The van der Waals surface area contributed by atoms with E-state index in [0.29, 0.717) is 11.0 Å². The number of phosphoric acid groups is 1. The van der Waals surface area contributed by atoms with Gasteiger partial charge in [-0.25, -0.2) is 0 Å². The third kappa shape index (κ3) is 10.6. The Balaban J connectivity index is 0.000000420. The number of quaternary nitrogens is 1. The van der Waals surface area contributed by atoms with Gasteiger partial charge < -0.3 is 54.3 Å². The molecule has 1 saturated heterocycles. The summed E-state index contributed by atoms with van der Waals surface area (Å²) >= 11 is 0. The highest BCUT2D eigenvalue weighted by molar-refractivity contribution is 7.43. The van der Waals surface area contributed by atoms with Crippen LogP contribution >= 0.6 is 7.82 Å². The third-order valence-corrected chi connectivity index (χ3v) is 4.77. The summed E-state index contributed by atoms with van der Waals surface area (Å²) in [4.78, 5) is 42.1. The number of primary amides is 1. The third-order valence-electron chi connectivity index (χ3n) is 4.30. The molecule has 1 aromatic rings. The van der Waals surface area contributed by atoms with Crippen LogP contribution in [0.3, 0.4) is 0 Å². The Morgan fingerprint density at radius 3 is 2.39 bits per heavy atom. The molecule has 14 nitrogen and oxygen atoms in total. The summed E-state index contributed by atoms with van der Waals surface area (Å²) in [7, 11) is 0.506. The lowest BCUT2D eigenvalue weighted by molar-refractivity contribution is -0.873. The number of carboxylic acid groups (broad SMARTS) is 1. The molecular weight excluding hydrogens is 465 g/mol. The van der Waals surface area contributed by atoms with Gasteiger partial charge in [0.05, 0.1) is 42.0 Å². The Kier molecular flexibility index (Phi) is 10.5. The quantitative estimate of drug-likeness (QED) is 0.126. The Bertz CT molecular complexity index is 857. The van der Waals surface area contributed by atoms with Crippen molar-refractivity contribution in [1.29, 1.82) is 0 Å². The molecule has 1 amide bonds. The van der Waals surface area contributed by atoms with Gasteiger partial charge in [-0.05, 0) is 6.07 Å². The molecule has 0 aliphatic carbocycles. The van der Waals surface area contributed by atoms with Gasteiger partial charge in [-0.3, -0.25) is 9.59 Å². The minimum Gasteiger partial charge on any atom is -0.790 e. The van der Waals surface area contributed by atoms with Gasteiger partial charge in [0, 0.05) is 6.07 Å². The first kappa shape index (κ1) is 29.0. The van der Waals surface area contributed by atoms with Crippen LogP contribution < -0.4 is 20.1 Å². The largest absolute Gasteiger partial charge is 0.790 e. The minimum absolute atomic E-state index is 0.149. The number of carboxylic acids is 1. The van der Waals surface area contributed by atoms with Gasteiger partial charge in [-0.2, -0.15) is 4.57 Å². The first-order valence-corrected chi connectivity index (χ1v) is 11.2. The molecule has 1 aliphatic rings. The van der Waals surface area contributed by atoms with Crippen molar-refractivity contribution in [3.8, 4) is 0 Å². The normalized spacial score (nSPS) is 24.0. The van der Waals surface area contributed by atoms with Gasteiger partial charge in [0.2, 0.25) is 0 Å². The lowest BCUT2D eigenvalue weighted by atomic mass is 10.1. The number of ether oxygens (including phenoxy) is 1. The first-order valence-electron chi connectivity index (χ1n) is 9.69. The van der Waals surface area contributed by atoms with Crippen molar-refractivity contribution in [3.63, 3.8) is 0 Å². The number of likely N-dealkylation sites (N-methyl/N-ethyl adjacent to an activating group) is 1. The number of aliphatic hydroxyl groups excluding tert-OH is 3. The topological polar surface area (TPSA) is 227 Å². The molecule has 1 aromatic heterocycles. The van der Waals surface area contributed by atoms with E-state index >= 15 is 0 Å². The van der Waals surface area contributed by atoms with Crippen LogP contribution in [-0.2, 0) is 18.6 Å². The fourth-order valence-corrected chi connectivity index (χ4v) is 3.30. The zero-order valence-corrected chi connectivity index (χ0v) is 19.3. The summed E-state index contributed by atoms with van der Waals surface area (Å²) in [6.07, 6.45) is -3.36. The Hall–Kier alpha value is -2.00. The highest BCUT2D eigenvalue weighted by Crippen LogP contribution is 2.30. The van der Waals surface area contributed by atoms with Crippen LogP contribution in [-0.4, -0.2) is 95.5 Å². The van der Waals surface area contributed by atoms with E-state index in [1.54, 1.807) is 0 Å². The number of nitrogens with zero attached hydrogens (tertiary/aromatic N) is 2. The Morgan fingerprint density at radius 1 is 1.30 bits per heavy atom. The van der Waals surface area contributed by atoms with Crippen LogP contribution in [0.4, 0.5) is 0 Å². The SMILES string of the molecule is C[N+](C)(C)C[C@H](O)CC(=O)O.NC(=O)c1ccc[n+]([C@@H]2O[C@H](COP(=O)([O-])[O-])[C@@H](O)[C@H]2O)c1. The van der Waals surface area contributed by atoms with Gasteiger partial charge in [-0.1, -0.05) is 0 Å². The minimum atomic E-state index is -5.22. The monoisotopic (exact) mass is 495 g/mol. The van der Waals surface area contributed by atoms with Crippen LogP contribution in [0.5, 0.6) is 0 Å². The van der Waals surface area contributed by atoms with Crippen molar-refractivity contribution >= 4 is 19.7 Å². The van der Waals surface area contributed by atoms with Crippen LogP contribution in [0.2, 0.25) is 0 Å². The van der Waals surface area contributed by atoms with E-state index in [1.165, 1.54) is 29.1 Å². The number of hydrogen-bond donors (Lipinski definition) is 5. The standard InChI is InChI=1S/C11H15N2O8P.C7H15NO3/c12-10(16)6-2-1-3-13(4-6)11-9(15)8(14)7(21-11)5-20-22(17,18)19;1-8(2,3)5-6(9)4-7(10)11/h1-4,7-9,11,14-15H,5H2,(H3-,12,16,17,18,19);6,9H,4-5H2,1-3H3/t7-,8-,9-,11-;6-/m11/s1. The van der Waals surface area contributed by atoms with Gasteiger partial charge >= 0.3 is 5.97 Å². The molecular formula is C18H30N3O11P. The molecule has 2 heterocycles. The molecule has 1 aliphatic heterocycles. The molecule has 0 aromatic carbocycles. The summed E-state index contributed by atoms with van der Waals surface area (Å²) in [6.45, 7) is -0.263. The van der Waals surface area contributed by atoms with E-state index in [4.69, 9.17) is 20.7 Å². The molecule has 6 N–H and O–H groups in total. The highest BCUT2D eigenvalue weighted by Gasteiger charge is 2.48. The average molecular weight is 495 g/mol. The average Bonchev–Trinajstić information content (AvgIpc) is 2.92. The van der Waals surface area contributed by atoms with E-state index in [2.05, 4.69) is 4.52 Å². The maximum absolute atomic E-state index is 11.1. The van der Waals surface area contributed by atoms with E-state index < -0.39 is 56.9 Å². The van der Waals surface area contributed by atoms with Crippen molar-refractivity contribution in [2.45, 2.75) is 37.1 Å². The Morgan fingerprint density at radius 2 is 1.91 bits per heavy atom. The number of hydrogen-bond acceptors (Lipinski definition) is 10. The Labute approximate surface area is 190 Å². The second-order valence-electron chi connectivity index (χ2n) is 8.42. The summed E-state index contributed by atoms with van der Waals surface area (Å²) in [6, 6.07) is 2.93. The van der Waals surface area contributed by atoms with E-state index in [1.807, 2.05) is 21.1 Å². The smallest absolute Gasteiger partial charge is 0.306 e. The molecule has 1 fully saturated rings. The molecule has 15 heteroatoms. The number of pyridine rings is 1. The first-order chi connectivity index (χ1) is 15.0. The zero-order chi connectivity index (χ0) is 25.6. The molecule has 5 atom stereocenters. The number of amides is 1. The summed E-state index contributed by atoms with van der Waals surface area (Å²) < 4.78 is 21.6. The van der Waals surface area contributed by atoms with Crippen LogP contribution in [0.15, 0.2) is 24.5 Å². The van der Waals surface area contributed by atoms with E-state index in [0.717, 1.165) is 0 Å². The maximum atomic E-state index is 11.1. The highest BCUT2D eigenvalue weighted by atomic mass is 31.2. The fraction of sp³-hybridized carbons (Fsp3) is 0.611. The van der Waals surface area contributed by atoms with Gasteiger partial charge in [0.25, 0.3) is 12.1 Å². The van der Waals surface area contributed by atoms with Crippen molar-refractivity contribution in [3.05, 3.63) is 30.1 Å². The molecule has 188 valence electrons. The van der Waals surface area contributed by atoms with E-state index in [9.17, 15) is 34.2 Å². The van der Waals surface area contributed by atoms with Crippen molar-refractivity contribution in [2.75, 3.05) is 34.3 Å². The predicted molar refractivity (Wildman–Crippen MR) is 106 cm³/mol. The molecule has 0 radical (unpaired) electrons. The van der Waals surface area contributed by atoms with Gasteiger partial charge in [-0.15, -0.1) is 0 Å². The lowest BCUT2D eigenvalue weighted by Crippen LogP contribution is -2.46. The number of carbonyl (C=O) groups is 2. The van der Waals surface area contributed by atoms with Crippen molar-refractivity contribution < 1.29 is 62.7 Å². The van der Waals surface area contributed by atoms with Crippen LogP contribution in [0.25, 0.3) is 0 Å². The summed E-state index contributed by atoms with van der Waals surface area (Å²) in [5, 5.41) is 37.2. The number of aliphatic hydroxyl groups is 3. The summed E-state index contributed by atoms with van der Waals surface area (Å²) in [5.41, 5.74) is 5.29. The van der Waals surface area contributed by atoms with Gasteiger partial charge in [0.15, 0.2) is 18.5 Å². The number of phosphoric ester groups is 1. The molecule has 0 bridgehead atoms. The van der Waals surface area contributed by atoms with E-state index in [-0.39, 0.29) is 12.0 Å². The number of aromatic nitrogens is 1. The predicted octanol–water partition coefficient (Wildman–Crippen LogP) is -3.93. The molecule has 0 saturated carbocycles. The molecule has 0 unspecified atom stereocenters.